The first-order valence-corrected chi connectivity index (χ1v) is 7.43. The Kier molecular flexibility index (Phi) is 6.53. The molecule has 1 unspecified atom stereocenters. The van der Waals surface area contributed by atoms with E-state index in [4.69, 9.17) is 0 Å². The standard InChI is InChI=1S/C17H30N2/c1-7-18-17(12-19(6)11-13(2)3)16-9-8-14(4)10-15(16)5/h8-10,13,17-18H,7,11-12H2,1-6H3. The van der Waals surface area contributed by atoms with Crippen LogP contribution < -0.4 is 5.32 Å². The predicted octanol–water partition coefficient (Wildman–Crippen LogP) is 3.54. The summed E-state index contributed by atoms with van der Waals surface area (Å²) in [5.41, 5.74) is 4.17. The molecule has 0 amide bonds. The molecule has 1 atom stereocenters. The lowest BCUT2D eigenvalue weighted by molar-refractivity contribution is 0.263. The van der Waals surface area contributed by atoms with Gasteiger partial charge in [-0.15, -0.1) is 0 Å². The summed E-state index contributed by atoms with van der Waals surface area (Å²) in [6.45, 7) is 14.3. The van der Waals surface area contributed by atoms with Crippen LogP contribution in [-0.4, -0.2) is 31.6 Å². The lowest BCUT2D eigenvalue weighted by atomic mass is 9.98. The summed E-state index contributed by atoms with van der Waals surface area (Å²) in [4.78, 5) is 2.43. The Morgan fingerprint density at radius 1 is 1.16 bits per heavy atom. The van der Waals surface area contributed by atoms with E-state index in [0.717, 1.165) is 19.6 Å². The second-order valence-corrected chi connectivity index (χ2v) is 6.09. The van der Waals surface area contributed by atoms with Gasteiger partial charge in [-0.1, -0.05) is 44.5 Å². The van der Waals surface area contributed by atoms with Gasteiger partial charge in [0.25, 0.3) is 0 Å². The molecule has 0 fully saturated rings. The maximum atomic E-state index is 3.62. The SMILES string of the molecule is CCNC(CN(C)CC(C)C)c1ccc(C)cc1C. The Labute approximate surface area is 119 Å². The van der Waals surface area contributed by atoms with Gasteiger partial charge in [0.2, 0.25) is 0 Å². The van der Waals surface area contributed by atoms with E-state index in [1.165, 1.54) is 16.7 Å². The van der Waals surface area contributed by atoms with Crippen LogP contribution in [-0.2, 0) is 0 Å². The fourth-order valence-electron chi connectivity index (χ4n) is 2.75. The van der Waals surface area contributed by atoms with E-state index >= 15 is 0 Å². The lowest BCUT2D eigenvalue weighted by Crippen LogP contribution is -2.35. The molecular formula is C17H30N2. The van der Waals surface area contributed by atoms with Gasteiger partial charge in [0.1, 0.15) is 0 Å². The number of rotatable bonds is 7. The fraction of sp³-hybridized carbons (Fsp3) is 0.647. The van der Waals surface area contributed by atoms with Crippen molar-refractivity contribution in [3.05, 3.63) is 34.9 Å². The van der Waals surface area contributed by atoms with Gasteiger partial charge in [-0.05, 0) is 44.5 Å². The van der Waals surface area contributed by atoms with E-state index in [2.05, 4.69) is 70.1 Å². The van der Waals surface area contributed by atoms with Crippen LogP contribution in [0.4, 0.5) is 0 Å². The molecule has 2 heteroatoms. The highest BCUT2D eigenvalue weighted by molar-refractivity contribution is 5.33. The molecule has 1 rings (SSSR count). The Hall–Kier alpha value is -0.860. The first kappa shape index (κ1) is 16.2. The number of nitrogens with zero attached hydrogens (tertiary/aromatic N) is 1. The van der Waals surface area contributed by atoms with Crippen molar-refractivity contribution in [3.63, 3.8) is 0 Å². The molecule has 1 aromatic rings. The number of likely N-dealkylation sites (N-methyl/N-ethyl adjacent to an activating group) is 2. The summed E-state index contributed by atoms with van der Waals surface area (Å²) in [5, 5.41) is 3.62. The van der Waals surface area contributed by atoms with Crippen molar-refractivity contribution in [2.75, 3.05) is 26.7 Å². The quantitative estimate of drug-likeness (QED) is 0.808. The predicted molar refractivity (Wildman–Crippen MR) is 84.7 cm³/mol. The van der Waals surface area contributed by atoms with Crippen molar-refractivity contribution in [2.24, 2.45) is 5.92 Å². The van der Waals surface area contributed by atoms with Gasteiger partial charge in [0.15, 0.2) is 0 Å². The molecule has 108 valence electrons. The lowest BCUT2D eigenvalue weighted by Gasteiger charge is -2.27. The highest BCUT2D eigenvalue weighted by atomic mass is 15.1. The molecule has 0 aliphatic rings. The smallest absolute Gasteiger partial charge is 0.0451 e. The van der Waals surface area contributed by atoms with Crippen molar-refractivity contribution >= 4 is 0 Å². The average molecular weight is 262 g/mol. The van der Waals surface area contributed by atoms with Crippen molar-refractivity contribution < 1.29 is 0 Å². The molecule has 0 aliphatic carbocycles. The van der Waals surface area contributed by atoms with E-state index in [1.807, 2.05) is 0 Å². The summed E-state index contributed by atoms with van der Waals surface area (Å²) in [6.07, 6.45) is 0. The van der Waals surface area contributed by atoms with E-state index in [-0.39, 0.29) is 0 Å². The maximum absolute atomic E-state index is 3.62. The van der Waals surface area contributed by atoms with Crippen LogP contribution >= 0.6 is 0 Å². The van der Waals surface area contributed by atoms with Gasteiger partial charge in [-0.2, -0.15) is 0 Å². The molecule has 0 saturated carbocycles. The van der Waals surface area contributed by atoms with Gasteiger partial charge in [0, 0.05) is 19.1 Å². The first-order chi connectivity index (χ1) is 8.93. The van der Waals surface area contributed by atoms with Crippen LogP contribution in [0.1, 0.15) is 43.5 Å². The highest BCUT2D eigenvalue weighted by Gasteiger charge is 2.15. The number of hydrogen-bond acceptors (Lipinski definition) is 2. The Morgan fingerprint density at radius 3 is 2.37 bits per heavy atom. The molecule has 19 heavy (non-hydrogen) atoms. The largest absolute Gasteiger partial charge is 0.309 e. The molecule has 0 spiro atoms. The average Bonchev–Trinajstić information content (AvgIpc) is 2.27. The highest BCUT2D eigenvalue weighted by Crippen LogP contribution is 2.20. The summed E-state index contributed by atoms with van der Waals surface area (Å²) in [7, 11) is 2.22. The van der Waals surface area contributed by atoms with Crippen molar-refractivity contribution in [1.29, 1.82) is 0 Å². The van der Waals surface area contributed by atoms with Crippen LogP contribution in [0.15, 0.2) is 18.2 Å². The minimum Gasteiger partial charge on any atom is -0.309 e. The van der Waals surface area contributed by atoms with Gasteiger partial charge >= 0.3 is 0 Å². The number of benzene rings is 1. The third kappa shape index (κ3) is 5.33. The third-order valence-electron chi connectivity index (χ3n) is 3.42. The van der Waals surface area contributed by atoms with Crippen molar-refractivity contribution in [3.8, 4) is 0 Å². The van der Waals surface area contributed by atoms with Gasteiger partial charge in [-0.25, -0.2) is 0 Å². The zero-order valence-electron chi connectivity index (χ0n) is 13.5. The minimum atomic E-state index is 0.425. The van der Waals surface area contributed by atoms with E-state index in [1.54, 1.807) is 0 Å². The normalized spacial score (nSPS) is 13.3. The number of aryl methyl sites for hydroxylation is 2. The molecule has 0 saturated heterocycles. The first-order valence-electron chi connectivity index (χ1n) is 7.43. The van der Waals surface area contributed by atoms with Crippen molar-refractivity contribution in [1.82, 2.24) is 10.2 Å². The molecular weight excluding hydrogens is 232 g/mol. The zero-order chi connectivity index (χ0) is 14.4. The molecule has 0 radical (unpaired) electrons. The molecule has 0 heterocycles. The molecule has 2 nitrogen and oxygen atoms in total. The van der Waals surface area contributed by atoms with E-state index < -0.39 is 0 Å². The number of nitrogens with one attached hydrogen (secondary N) is 1. The summed E-state index contributed by atoms with van der Waals surface area (Å²) in [5.74, 6) is 0.714. The van der Waals surface area contributed by atoms with Gasteiger partial charge in [0.05, 0.1) is 0 Å². The second kappa shape index (κ2) is 7.66. The topological polar surface area (TPSA) is 15.3 Å². The molecule has 1 aromatic carbocycles. The van der Waals surface area contributed by atoms with Crippen LogP contribution in [0.3, 0.4) is 0 Å². The zero-order valence-corrected chi connectivity index (χ0v) is 13.5. The van der Waals surface area contributed by atoms with Crippen molar-refractivity contribution in [2.45, 2.75) is 40.7 Å². The van der Waals surface area contributed by atoms with E-state index in [9.17, 15) is 0 Å². The van der Waals surface area contributed by atoms with Crippen LogP contribution in [0.25, 0.3) is 0 Å². The van der Waals surface area contributed by atoms with Gasteiger partial charge < -0.3 is 10.2 Å². The summed E-state index contributed by atoms with van der Waals surface area (Å²) in [6, 6.07) is 7.20. The Balaban J connectivity index is 2.81. The summed E-state index contributed by atoms with van der Waals surface area (Å²) >= 11 is 0. The summed E-state index contributed by atoms with van der Waals surface area (Å²) < 4.78 is 0. The van der Waals surface area contributed by atoms with Gasteiger partial charge in [-0.3, -0.25) is 0 Å². The molecule has 1 N–H and O–H groups in total. The third-order valence-corrected chi connectivity index (χ3v) is 3.42. The molecule has 0 aromatic heterocycles. The van der Waals surface area contributed by atoms with E-state index in [0.29, 0.717) is 12.0 Å². The minimum absolute atomic E-state index is 0.425. The molecule has 0 bridgehead atoms. The van der Waals surface area contributed by atoms with Crippen LogP contribution in [0, 0.1) is 19.8 Å². The van der Waals surface area contributed by atoms with Crippen LogP contribution in [0.5, 0.6) is 0 Å². The molecule has 0 aliphatic heterocycles. The monoisotopic (exact) mass is 262 g/mol. The Morgan fingerprint density at radius 2 is 1.84 bits per heavy atom. The Bertz CT molecular complexity index is 385. The fourth-order valence-corrected chi connectivity index (χ4v) is 2.75. The second-order valence-electron chi connectivity index (χ2n) is 6.09. The number of hydrogen-bond donors (Lipinski definition) is 1. The van der Waals surface area contributed by atoms with Crippen LogP contribution in [0.2, 0.25) is 0 Å². The maximum Gasteiger partial charge on any atom is 0.0451 e.